The van der Waals surface area contributed by atoms with Crippen LogP contribution in [0.15, 0.2) is 71.1 Å². The number of carbonyl (C=O) groups is 1. The Labute approximate surface area is 181 Å². The molecule has 6 heteroatoms. The van der Waals surface area contributed by atoms with Crippen LogP contribution < -0.4 is 9.64 Å². The predicted molar refractivity (Wildman–Crippen MR) is 125 cm³/mol. The zero-order valence-electron chi connectivity index (χ0n) is 17.1. The number of hydrogen-bond donors (Lipinski definition) is 0. The zero-order valence-corrected chi connectivity index (χ0v) is 17.9. The number of hydrogen-bond acceptors (Lipinski definition) is 5. The van der Waals surface area contributed by atoms with Crippen LogP contribution in [0, 0.1) is 6.92 Å². The first-order chi connectivity index (χ1) is 14.6. The normalized spacial score (nSPS) is 18.0. The van der Waals surface area contributed by atoms with E-state index in [0.717, 1.165) is 42.7 Å². The highest BCUT2D eigenvalue weighted by atomic mass is 32.2. The van der Waals surface area contributed by atoms with E-state index in [4.69, 9.17) is 4.74 Å². The minimum absolute atomic E-state index is 0.164. The molecule has 0 spiro atoms. The van der Waals surface area contributed by atoms with Gasteiger partial charge in [-0.05, 0) is 60.2 Å². The summed E-state index contributed by atoms with van der Waals surface area (Å²) in [7, 11) is 0. The van der Waals surface area contributed by atoms with Crippen molar-refractivity contribution in [1.82, 2.24) is 4.90 Å². The zero-order chi connectivity index (χ0) is 20.9. The van der Waals surface area contributed by atoms with Crippen LogP contribution in [0.3, 0.4) is 0 Å². The van der Waals surface area contributed by atoms with Gasteiger partial charge in [-0.1, -0.05) is 36.9 Å². The third-order valence-electron chi connectivity index (χ3n) is 5.07. The molecule has 2 aliphatic heterocycles. The maximum absolute atomic E-state index is 12.4. The molecular weight excluding hydrogens is 394 g/mol. The lowest BCUT2D eigenvalue weighted by molar-refractivity contribution is -0.113. The maximum atomic E-state index is 12.4. The fourth-order valence-electron chi connectivity index (χ4n) is 3.48. The van der Waals surface area contributed by atoms with Gasteiger partial charge in [0.05, 0.1) is 4.91 Å². The molecule has 0 aromatic heterocycles. The van der Waals surface area contributed by atoms with Gasteiger partial charge in [0.15, 0.2) is 5.17 Å². The number of piperazine rings is 1. The lowest BCUT2D eigenvalue weighted by Crippen LogP contribution is -2.47. The number of benzene rings is 2. The highest BCUT2D eigenvalue weighted by molar-refractivity contribution is 8.18. The van der Waals surface area contributed by atoms with Crippen LogP contribution in [0.5, 0.6) is 5.75 Å². The summed E-state index contributed by atoms with van der Waals surface area (Å²) in [6.45, 7) is 9.79. The summed E-state index contributed by atoms with van der Waals surface area (Å²) >= 11 is 1.46. The SMILES string of the molecule is C=CCOc1ccc(/C=C2/SC(N3CCN(c4cccc(C)c4)CC3)=NC2=O)cc1. The quantitative estimate of drug-likeness (QED) is 0.533. The second-order valence-corrected chi connectivity index (χ2v) is 8.30. The van der Waals surface area contributed by atoms with Gasteiger partial charge in [0, 0.05) is 31.9 Å². The van der Waals surface area contributed by atoms with Gasteiger partial charge < -0.3 is 14.5 Å². The topological polar surface area (TPSA) is 45.1 Å². The molecule has 154 valence electrons. The summed E-state index contributed by atoms with van der Waals surface area (Å²) in [4.78, 5) is 22.0. The fraction of sp³-hybridized carbons (Fsp3) is 0.250. The summed E-state index contributed by atoms with van der Waals surface area (Å²) in [5.41, 5.74) is 3.48. The average molecular weight is 420 g/mol. The van der Waals surface area contributed by atoms with Gasteiger partial charge in [-0.25, -0.2) is 0 Å². The second-order valence-electron chi connectivity index (χ2n) is 7.29. The van der Waals surface area contributed by atoms with E-state index in [1.807, 2.05) is 30.3 Å². The third kappa shape index (κ3) is 4.76. The van der Waals surface area contributed by atoms with Crippen LogP contribution in [0.4, 0.5) is 5.69 Å². The van der Waals surface area contributed by atoms with E-state index < -0.39 is 0 Å². The monoisotopic (exact) mass is 419 g/mol. The molecule has 0 bridgehead atoms. The van der Waals surface area contributed by atoms with Gasteiger partial charge in [0.1, 0.15) is 12.4 Å². The van der Waals surface area contributed by atoms with E-state index in [0.29, 0.717) is 11.5 Å². The number of aryl methyl sites for hydroxylation is 1. The van der Waals surface area contributed by atoms with Crippen LogP contribution in [-0.4, -0.2) is 48.8 Å². The molecule has 4 rings (SSSR count). The van der Waals surface area contributed by atoms with Crippen LogP contribution in [-0.2, 0) is 4.79 Å². The van der Waals surface area contributed by atoms with Gasteiger partial charge in [0.25, 0.3) is 5.91 Å². The van der Waals surface area contributed by atoms with Crippen LogP contribution in [0.25, 0.3) is 6.08 Å². The molecule has 2 aromatic carbocycles. The molecule has 0 N–H and O–H groups in total. The number of ether oxygens (including phenoxy) is 1. The number of anilines is 1. The fourth-order valence-corrected chi connectivity index (χ4v) is 4.45. The molecule has 0 aliphatic carbocycles. The largest absolute Gasteiger partial charge is 0.490 e. The first-order valence-electron chi connectivity index (χ1n) is 10.1. The van der Waals surface area contributed by atoms with Gasteiger partial charge in [-0.15, -0.1) is 0 Å². The summed E-state index contributed by atoms with van der Waals surface area (Å²) in [5, 5.41) is 0.807. The van der Waals surface area contributed by atoms with E-state index in [9.17, 15) is 4.79 Å². The van der Waals surface area contributed by atoms with Gasteiger partial charge in [-0.2, -0.15) is 4.99 Å². The molecule has 0 saturated carbocycles. The van der Waals surface area contributed by atoms with Crippen LogP contribution >= 0.6 is 11.8 Å². The van der Waals surface area contributed by atoms with E-state index in [-0.39, 0.29) is 5.91 Å². The first-order valence-corrected chi connectivity index (χ1v) is 10.9. The lowest BCUT2D eigenvalue weighted by Gasteiger charge is -2.36. The molecule has 1 amide bonds. The average Bonchev–Trinajstić information content (AvgIpc) is 3.13. The number of amides is 1. The molecular formula is C24H25N3O2S. The van der Waals surface area contributed by atoms with Crippen molar-refractivity contribution < 1.29 is 9.53 Å². The Bertz CT molecular complexity index is 990. The van der Waals surface area contributed by atoms with Crippen molar-refractivity contribution in [2.24, 2.45) is 4.99 Å². The van der Waals surface area contributed by atoms with Crippen molar-refractivity contribution in [2.75, 3.05) is 37.7 Å². The standard InChI is InChI=1S/C24H25N3O2S/c1-3-15-29-21-9-7-19(8-10-21)17-22-23(28)25-24(30-22)27-13-11-26(12-14-27)20-6-4-5-18(2)16-20/h3-10,16-17H,1,11-15H2,2H3/b22-17+. The molecule has 0 radical (unpaired) electrons. The number of carbonyl (C=O) groups excluding carboxylic acids is 1. The molecule has 2 aromatic rings. The molecule has 2 aliphatic rings. The molecule has 30 heavy (non-hydrogen) atoms. The number of nitrogens with zero attached hydrogens (tertiary/aromatic N) is 3. The van der Waals surface area contributed by atoms with Crippen molar-refractivity contribution in [1.29, 1.82) is 0 Å². The molecule has 2 heterocycles. The Morgan fingerprint density at radius 2 is 1.83 bits per heavy atom. The molecule has 5 nitrogen and oxygen atoms in total. The van der Waals surface area contributed by atoms with Crippen molar-refractivity contribution >= 4 is 34.6 Å². The number of thioether (sulfide) groups is 1. The first kappa shape index (κ1) is 20.3. The van der Waals surface area contributed by atoms with Gasteiger partial charge in [-0.3, -0.25) is 4.79 Å². The lowest BCUT2D eigenvalue weighted by atomic mass is 10.2. The van der Waals surface area contributed by atoms with E-state index >= 15 is 0 Å². The Morgan fingerprint density at radius 3 is 2.53 bits per heavy atom. The van der Waals surface area contributed by atoms with Crippen molar-refractivity contribution in [3.63, 3.8) is 0 Å². The minimum Gasteiger partial charge on any atom is -0.490 e. The maximum Gasteiger partial charge on any atom is 0.286 e. The van der Waals surface area contributed by atoms with Gasteiger partial charge in [0.2, 0.25) is 0 Å². The highest BCUT2D eigenvalue weighted by Gasteiger charge is 2.28. The third-order valence-corrected chi connectivity index (χ3v) is 6.12. The Morgan fingerprint density at radius 1 is 1.10 bits per heavy atom. The van der Waals surface area contributed by atoms with Gasteiger partial charge >= 0.3 is 0 Å². The highest BCUT2D eigenvalue weighted by Crippen LogP contribution is 2.31. The van der Waals surface area contributed by atoms with E-state index in [2.05, 4.69) is 52.6 Å². The summed E-state index contributed by atoms with van der Waals surface area (Å²) in [6, 6.07) is 16.3. The molecule has 0 atom stereocenters. The Hall–Kier alpha value is -2.99. The van der Waals surface area contributed by atoms with Crippen molar-refractivity contribution in [3.8, 4) is 5.75 Å². The van der Waals surface area contributed by atoms with Crippen molar-refractivity contribution in [2.45, 2.75) is 6.92 Å². The number of amidine groups is 1. The smallest absolute Gasteiger partial charge is 0.286 e. The second kappa shape index (κ2) is 9.22. The predicted octanol–water partition coefficient (Wildman–Crippen LogP) is 4.35. The number of rotatable bonds is 5. The minimum atomic E-state index is -0.164. The van der Waals surface area contributed by atoms with Crippen LogP contribution in [0.2, 0.25) is 0 Å². The van der Waals surface area contributed by atoms with E-state index in [1.54, 1.807) is 6.08 Å². The van der Waals surface area contributed by atoms with Crippen LogP contribution in [0.1, 0.15) is 11.1 Å². The summed E-state index contributed by atoms with van der Waals surface area (Å²) in [6.07, 6.45) is 3.60. The Kier molecular flexibility index (Phi) is 6.23. The number of aliphatic imine (C=N–C) groups is 1. The molecule has 1 saturated heterocycles. The molecule has 1 fully saturated rings. The van der Waals surface area contributed by atoms with E-state index in [1.165, 1.54) is 23.0 Å². The Balaban J connectivity index is 1.36. The summed E-state index contributed by atoms with van der Waals surface area (Å²) < 4.78 is 5.50. The van der Waals surface area contributed by atoms with Crippen molar-refractivity contribution in [3.05, 3.63) is 77.2 Å². The molecule has 0 unspecified atom stereocenters. The summed E-state index contributed by atoms with van der Waals surface area (Å²) in [5.74, 6) is 0.619.